The van der Waals surface area contributed by atoms with Crippen molar-refractivity contribution < 1.29 is 33.0 Å². The smallest absolute Gasteiger partial charge is 0.337 e. The van der Waals surface area contributed by atoms with Crippen LogP contribution in [0.5, 0.6) is 5.75 Å². The van der Waals surface area contributed by atoms with Crippen LogP contribution in [0.4, 0.5) is 5.69 Å². The molecular weight excluding hydrogens is 454 g/mol. The first-order chi connectivity index (χ1) is 13.1. The van der Waals surface area contributed by atoms with Crippen LogP contribution in [-0.4, -0.2) is 44.7 Å². The molecule has 0 saturated heterocycles. The molecule has 0 bridgehead atoms. The maximum atomic E-state index is 13.0. The van der Waals surface area contributed by atoms with Crippen LogP contribution in [0.3, 0.4) is 0 Å². The molecule has 0 heterocycles. The lowest BCUT2D eigenvalue weighted by atomic mass is 10.0. The number of aryl methyl sites for hydroxylation is 1. The van der Waals surface area contributed by atoms with Crippen molar-refractivity contribution in [2.24, 2.45) is 0 Å². The molecule has 28 heavy (non-hydrogen) atoms. The third-order valence-corrected chi connectivity index (χ3v) is 6.25. The van der Waals surface area contributed by atoms with Crippen LogP contribution in [0.15, 0.2) is 45.8 Å². The van der Waals surface area contributed by atoms with E-state index < -0.39 is 22.0 Å². The molecule has 0 atom stereocenters. The SMILES string of the molecule is COc1ccc(S(=O)(=O)N(C)c2c(CCC(=O)O)cc(Br)cc2C(=O)O)cc1. The van der Waals surface area contributed by atoms with E-state index in [1.165, 1.54) is 50.6 Å². The maximum absolute atomic E-state index is 13.0. The lowest BCUT2D eigenvalue weighted by Crippen LogP contribution is -2.29. The minimum Gasteiger partial charge on any atom is -0.497 e. The third kappa shape index (κ3) is 4.63. The summed E-state index contributed by atoms with van der Waals surface area (Å²) in [6, 6.07) is 8.45. The van der Waals surface area contributed by atoms with E-state index in [2.05, 4.69) is 15.9 Å². The molecule has 0 aliphatic rings. The van der Waals surface area contributed by atoms with Crippen LogP contribution < -0.4 is 9.04 Å². The Hall–Kier alpha value is -2.59. The molecule has 0 aliphatic carbocycles. The lowest BCUT2D eigenvalue weighted by molar-refractivity contribution is -0.136. The Bertz CT molecular complexity index is 1000. The summed E-state index contributed by atoms with van der Waals surface area (Å²) in [4.78, 5) is 22.6. The fourth-order valence-electron chi connectivity index (χ4n) is 2.65. The molecule has 0 saturated carbocycles. The lowest BCUT2D eigenvalue weighted by Gasteiger charge is -2.24. The van der Waals surface area contributed by atoms with E-state index in [0.717, 1.165) is 4.31 Å². The molecule has 2 rings (SSSR count). The van der Waals surface area contributed by atoms with Gasteiger partial charge in [-0.1, -0.05) is 15.9 Å². The number of carbonyl (C=O) groups is 2. The molecule has 0 unspecified atom stereocenters. The highest BCUT2D eigenvalue weighted by Crippen LogP contribution is 2.33. The minimum absolute atomic E-state index is 0.0349. The average molecular weight is 472 g/mol. The molecule has 2 N–H and O–H groups in total. The van der Waals surface area contributed by atoms with Gasteiger partial charge in [-0.05, 0) is 48.4 Å². The number of aliphatic carboxylic acids is 1. The number of ether oxygens (including phenoxy) is 1. The molecule has 0 spiro atoms. The number of methoxy groups -OCH3 is 1. The highest BCUT2D eigenvalue weighted by molar-refractivity contribution is 9.10. The number of aromatic carboxylic acids is 1. The van der Waals surface area contributed by atoms with Gasteiger partial charge in [-0.2, -0.15) is 0 Å². The van der Waals surface area contributed by atoms with E-state index in [0.29, 0.717) is 10.2 Å². The number of sulfonamides is 1. The molecule has 150 valence electrons. The predicted molar refractivity (Wildman–Crippen MR) is 106 cm³/mol. The zero-order chi connectivity index (χ0) is 21.1. The van der Waals surface area contributed by atoms with Crippen LogP contribution in [0.25, 0.3) is 0 Å². The number of anilines is 1. The van der Waals surface area contributed by atoms with Gasteiger partial charge in [0.15, 0.2) is 0 Å². The van der Waals surface area contributed by atoms with Crippen LogP contribution >= 0.6 is 15.9 Å². The van der Waals surface area contributed by atoms with Crippen LogP contribution in [-0.2, 0) is 21.2 Å². The van der Waals surface area contributed by atoms with Gasteiger partial charge in [-0.3, -0.25) is 9.10 Å². The summed E-state index contributed by atoms with van der Waals surface area (Å²) in [6.45, 7) is 0. The van der Waals surface area contributed by atoms with Crippen LogP contribution in [0.2, 0.25) is 0 Å². The van der Waals surface area contributed by atoms with Crippen molar-refractivity contribution in [1.29, 1.82) is 0 Å². The van der Waals surface area contributed by atoms with Crippen molar-refractivity contribution in [3.8, 4) is 5.75 Å². The molecule has 8 nitrogen and oxygen atoms in total. The second kappa shape index (κ2) is 8.61. The third-order valence-electron chi connectivity index (χ3n) is 4.02. The van der Waals surface area contributed by atoms with Gasteiger partial charge in [-0.15, -0.1) is 0 Å². The molecule has 2 aromatic carbocycles. The van der Waals surface area contributed by atoms with Gasteiger partial charge in [-0.25, -0.2) is 13.2 Å². The van der Waals surface area contributed by atoms with Gasteiger partial charge >= 0.3 is 11.9 Å². The Morgan fingerprint density at radius 3 is 2.25 bits per heavy atom. The molecule has 0 aliphatic heterocycles. The Balaban J connectivity index is 2.62. The number of halogens is 1. The Morgan fingerprint density at radius 1 is 1.14 bits per heavy atom. The second-order valence-corrected chi connectivity index (χ2v) is 8.69. The first-order valence-corrected chi connectivity index (χ1v) is 10.2. The number of carboxylic acids is 2. The first kappa shape index (κ1) is 21.7. The fourth-order valence-corrected chi connectivity index (χ4v) is 4.41. The summed E-state index contributed by atoms with van der Waals surface area (Å²) in [5.74, 6) is -1.94. The summed E-state index contributed by atoms with van der Waals surface area (Å²) in [7, 11) is -1.41. The van der Waals surface area contributed by atoms with Crippen molar-refractivity contribution in [1.82, 2.24) is 0 Å². The quantitative estimate of drug-likeness (QED) is 0.606. The Labute approximate surface area is 170 Å². The molecule has 10 heteroatoms. The Morgan fingerprint density at radius 2 is 1.75 bits per heavy atom. The van der Waals surface area contributed by atoms with Crippen molar-refractivity contribution in [2.75, 3.05) is 18.5 Å². The molecule has 0 aromatic heterocycles. The van der Waals surface area contributed by atoms with Gasteiger partial charge in [0.2, 0.25) is 0 Å². The zero-order valence-corrected chi connectivity index (χ0v) is 17.4. The van der Waals surface area contributed by atoms with E-state index in [9.17, 15) is 23.1 Å². The number of hydrogen-bond acceptors (Lipinski definition) is 5. The zero-order valence-electron chi connectivity index (χ0n) is 15.0. The first-order valence-electron chi connectivity index (χ1n) is 7.98. The predicted octanol–water partition coefficient (Wildman–Crippen LogP) is 3.00. The number of hydrogen-bond donors (Lipinski definition) is 2. The molecule has 0 amide bonds. The molecule has 0 fully saturated rings. The molecular formula is C18H18BrNO7S. The van der Waals surface area contributed by atoms with Crippen LogP contribution in [0.1, 0.15) is 22.3 Å². The largest absolute Gasteiger partial charge is 0.497 e. The molecule has 2 aromatic rings. The van der Waals surface area contributed by atoms with Gasteiger partial charge in [0.05, 0.1) is 23.3 Å². The van der Waals surface area contributed by atoms with Gasteiger partial charge < -0.3 is 14.9 Å². The van der Waals surface area contributed by atoms with E-state index in [1.807, 2.05) is 0 Å². The number of benzene rings is 2. The van der Waals surface area contributed by atoms with Crippen molar-refractivity contribution >= 4 is 43.6 Å². The topological polar surface area (TPSA) is 121 Å². The highest BCUT2D eigenvalue weighted by atomic mass is 79.9. The number of nitrogens with zero attached hydrogens (tertiary/aromatic N) is 1. The molecule has 0 radical (unpaired) electrons. The Kier molecular flexibility index (Phi) is 6.68. The monoisotopic (exact) mass is 471 g/mol. The fraction of sp³-hybridized carbons (Fsp3) is 0.222. The van der Waals surface area contributed by atoms with Crippen molar-refractivity contribution in [3.05, 3.63) is 52.0 Å². The normalized spacial score (nSPS) is 11.1. The summed E-state index contributed by atoms with van der Waals surface area (Å²) < 4.78 is 32.4. The summed E-state index contributed by atoms with van der Waals surface area (Å²) in [5.41, 5.74) is -0.0455. The maximum Gasteiger partial charge on any atom is 0.337 e. The van der Waals surface area contributed by atoms with Crippen molar-refractivity contribution in [3.63, 3.8) is 0 Å². The van der Waals surface area contributed by atoms with Gasteiger partial charge in [0.25, 0.3) is 10.0 Å². The van der Waals surface area contributed by atoms with E-state index in [1.54, 1.807) is 0 Å². The second-order valence-electron chi connectivity index (χ2n) is 5.81. The summed E-state index contributed by atoms with van der Waals surface area (Å²) >= 11 is 3.19. The van der Waals surface area contributed by atoms with E-state index >= 15 is 0 Å². The summed E-state index contributed by atoms with van der Waals surface area (Å²) in [5, 5.41) is 18.5. The average Bonchev–Trinajstić information content (AvgIpc) is 2.65. The highest BCUT2D eigenvalue weighted by Gasteiger charge is 2.28. The van der Waals surface area contributed by atoms with E-state index in [-0.39, 0.29) is 34.6 Å². The standard InChI is InChI=1S/C18H18BrNO7S/c1-20(28(25,26)14-6-4-13(27-2)5-7-14)17-11(3-8-16(21)22)9-12(19)10-15(17)18(23)24/h4-7,9-10H,3,8H2,1-2H3,(H,21,22)(H,23,24). The summed E-state index contributed by atoms with van der Waals surface area (Å²) in [6.07, 6.45) is -0.314. The minimum atomic E-state index is -4.10. The number of carboxylic acid groups (broad SMARTS) is 2. The van der Waals surface area contributed by atoms with E-state index in [4.69, 9.17) is 9.84 Å². The van der Waals surface area contributed by atoms with Gasteiger partial charge in [0.1, 0.15) is 5.75 Å². The van der Waals surface area contributed by atoms with Crippen LogP contribution in [0, 0.1) is 0 Å². The van der Waals surface area contributed by atoms with Crippen molar-refractivity contribution in [2.45, 2.75) is 17.7 Å². The number of rotatable bonds is 8. The van der Waals surface area contributed by atoms with Gasteiger partial charge in [0, 0.05) is 17.9 Å².